The van der Waals surface area contributed by atoms with Crippen LogP contribution < -0.4 is 5.32 Å². The van der Waals surface area contributed by atoms with Gasteiger partial charge in [-0.3, -0.25) is 0 Å². The average Bonchev–Trinajstić information content (AvgIpc) is 2.42. The van der Waals surface area contributed by atoms with Gasteiger partial charge < -0.3 is 10.2 Å². The summed E-state index contributed by atoms with van der Waals surface area (Å²) < 4.78 is 28.0. The van der Waals surface area contributed by atoms with E-state index in [1.165, 1.54) is 0 Å². The van der Waals surface area contributed by atoms with Gasteiger partial charge >= 0.3 is 0 Å². The summed E-state index contributed by atoms with van der Waals surface area (Å²) in [6.45, 7) is 5.47. The van der Waals surface area contributed by atoms with Crippen LogP contribution in [0.2, 0.25) is 0 Å². The van der Waals surface area contributed by atoms with E-state index in [0.29, 0.717) is 25.6 Å². The Kier molecular flexibility index (Phi) is 5.19. The minimum atomic E-state index is -3.26. The summed E-state index contributed by atoms with van der Waals surface area (Å²) in [5, 5.41) is 3.18. The lowest BCUT2D eigenvalue weighted by Gasteiger charge is -2.34. The monoisotopic (exact) mass is 290 g/mol. The van der Waals surface area contributed by atoms with E-state index in [0.717, 1.165) is 39.0 Å². The van der Waals surface area contributed by atoms with Gasteiger partial charge in [0.2, 0.25) is 0 Å². The first kappa shape index (κ1) is 15.2. The number of hydrogen-bond acceptors (Lipinski definition) is 4. The number of likely N-dealkylation sites (tertiary alicyclic amines) is 1. The van der Waals surface area contributed by atoms with Crippen molar-refractivity contribution in [1.82, 2.24) is 18.8 Å². The van der Waals surface area contributed by atoms with Crippen LogP contribution in [0.1, 0.15) is 12.8 Å². The molecule has 0 atom stereocenters. The van der Waals surface area contributed by atoms with Gasteiger partial charge in [-0.1, -0.05) is 0 Å². The van der Waals surface area contributed by atoms with Crippen molar-refractivity contribution >= 4 is 10.2 Å². The molecular weight excluding hydrogens is 264 g/mol. The molecule has 0 amide bonds. The van der Waals surface area contributed by atoms with Crippen LogP contribution in [0.5, 0.6) is 0 Å². The lowest BCUT2D eigenvalue weighted by molar-refractivity contribution is 0.198. The molecule has 1 N–H and O–H groups in total. The summed E-state index contributed by atoms with van der Waals surface area (Å²) in [6.07, 6.45) is 2.19. The Morgan fingerprint density at radius 3 is 2.32 bits per heavy atom. The minimum absolute atomic E-state index is 0.499. The van der Waals surface area contributed by atoms with Crippen LogP contribution in [0.15, 0.2) is 0 Å². The third-order valence-electron chi connectivity index (χ3n) is 4.15. The Morgan fingerprint density at radius 1 is 1.16 bits per heavy atom. The van der Waals surface area contributed by atoms with Gasteiger partial charge in [0.15, 0.2) is 0 Å². The average molecular weight is 290 g/mol. The Hall–Kier alpha value is -0.210. The second-order valence-electron chi connectivity index (χ2n) is 5.68. The molecule has 2 fully saturated rings. The third kappa shape index (κ3) is 3.88. The van der Waals surface area contributed by atoms with E-state index in [1.54, 1.807) is 15.7 Å². The quantitative estimate of drug-likeness (QED) is 0.752. The van der Waals surface area contributed by atoms with Crippen molar-refractivity contribution in [2.24, 2.45) is 5.92 Å². The molecule has 2 rings (SSSR count). The van der Waals surface area contributed by atoms with E-state index < -0.39 is 10.2 Å². The molecule has 0 radical (unpaired) electrons. The molecule has 0 aromatic rings. The summed E-state index contributed by atoms with van der Waals surface area (Å²) in [5.74, 6) is 0.499. The molecule has 0 aromatic heterocycles. The van der Waals surface area contributed by atoms with Crippen molar-refractivity contribution in [2.45, 2.75) is 12.8 Å². The van der Waals surface area contributed by atoms with Crippen LogP contribution in [0.25, 0.3) is 0 Å². The van der Waals surface area contributed by atoms with Crippen LogP contribution in [0.3, 0.4) is 0 Å². The standard InChI is InChI=1S/C12H26N4O2S/c1-14-7-3-12(4-8-14)11-15(2)19(17,18)16-9-5-13-6-10-16/h12-13H,3-11H2,1-2H3. The van der Waals surface area contributed by atoms with Gasteiger partial charge in [0.1, 0.15) is 0 Å². The Labute approximate surface area is 116 Å². The molecule has 2 aliphatic heterocycles. The highest BCUT2D eigenvalue weighted by Crippen LogP contribution is 2.19. The maximum absolute atomic E-state index is 12.4. The van der Waals surface area contributed by atoms with Crippen LogP contribution in [0, 0.1) is 5.92 Å². The summed E-state index contributed by atoms with van der Waals surface area (Å²) in [6, 6.07) is 0. The van der Waals surface area contributed by atoms with E-state index in [4.69, 9.17) is 0 Å². The van der Waals surface area contributed by atoms with Crippen molar-refractivity contribution in [2.75, 3.05) is 59.9 Å². The second kappa shape index (κ2) is 6.49. The van der Waals surface area contributed by atoms with Gasteiger partial charge in [-0.2, -0.15) is 17.0 Å². The fourth-order valence-corrected chi connectivity index (χ4v) is 4.21. The number of piperidine rings is 1. The van der Waals surface area contributed by atoms with Crippen LogP contribution in [0.4, 0.5) is 0 Å². The Balaban J connectivity index is 1.89. The minimum Gasteiger partial charge on any atom is -0.314 e. The maximum Gasteiger partial charge on any atom is 0.281 e. The molecular formula is C12H26N4O2S. The highest BCUT2D eigenvalue weighted by Gasteiger charge is 2.30. The number of piperazine rings is 1. The van der Waals surface area contributed by atoms with Gasteiger partial charge in [0, 0.05) is 39.8 Å². The smallest absolute Gasteiger partial charge is 0.281 e. The van der Waals surface area contributed by atoms with Gasteiger partial charge in [0.05, 0.1) is 0 Å². The Bertz CT molecular complexity index is 373. The van der Waals surface area contributed by atoms with E-state index in [2.05, 4.69) is 17.3 Å². The number of rotatable bonds is 4. The van der Waals surface area contributed by atoms with Crippen LogP contribution in [-0.2, 0) is 10.2 Å². The molecule has 0 unspecified atom stereocenters. The van der Waals surface area contributed by atoms with E-state index in [1.807, 2.05) is 0 Å². The summed E-state index contributed by atoms with van der Waals surface area (Å²) in [5.41, 5.74) is 0. The SMILES string of the molecule is CN1CCC(CN(C)S(=O)(=O)N2CCNCC2)CC1. The zero-order valence-electron chi connectivity index (χ0n) is 12.0. The van der Waals surface area contributed by atoms with Crippen molar-refractivity contribution < 1.29 is 8.42 Å². The second-order valence-corrected chi connectivity index (χ2v) is 7.72. The van der Waals surface area contributed by atoms with Crippen molar-refractivity contribution in [3.8, 4) is 0 Å². The molecule has 0 aromatic carbocycles. The fourth-order valence-electron chi connectivity index (χ4n) is 2.77. The highest BCUT2D eigenvalue weighted by atomic mass is 32.2. The first-order chi connectivity index (χ1) is 9.00. The van der Waals surface area contributed by atoms with Crippen LogP contribution in [-0.4, -0.2) is 81.8 Å². The molecule has 6 nitrogen and oxygen atoms in total. The molecule has 0 saturated carbocycles. The first-order valence-electron chi connectivity index (χ1n) is 7.11. The molecule has 7 heteroatoms. The predicted octanol–water partition coefficient (Wildman–Crippen LogP) is -0.590. The van der Waals surface area contributed by atoms with Crippen molar-refractivity contribution in [1.29, 1.82) is 0 Å². The summed E-state index contributed by atoms with van der Waals surface area (Å²) in [4.78, 5) is 2.31. The van der Waals surface area contributed by atoms with Gasteiger partial charge in [-0.15, -0.1) is 0 Å². The maximum atomic E-state index is 12.4. The van der Waals surface area contributed by atoms with Crippen molar-refractivity contribution in [3.63, 3.8) is 0 Å². The van der Waals surface area contributed by atoms with Gasteiger partial charge in [-0.05, 0) is 38.9 Å². The number of nitrogens with zero attached hydrogens (tertiary/aromatic N) is 3. The topological polar surface area (TPSA) is 55.9 Å². The number of hydrogen-bond donors (Lipinski definition) is 1. The highest BCUT2D eigenvalue weighted by molar-refractivity contribution is 7.86. The molecule has 2 aliphatic rings. The van der Waals surface area contributed by atoms with Gasteiger partial charge in [0.25, 0.3) is 10.2 Å². The molecule has 19 heavy (non-hydrogen) atoms. The zero-order valence-corrected chi connectivity index (χ0v) is 12.8. The normalized spacial score (nSPS) is 25.0. The van der Waals surface area contributed by atoms with E-state index >= 15 is 0 Å². The van der Waals surface area contributed by atoms with E-state index in [-0.39, 0.29) is 0 Å². The Morgan fingerprint density at radius 2 is 1.74 bits per heavy atom. The predicted molar refractivity (Wildman–Crippen MR) is 76.2 cm³/mol. The molecule has 0 aliphatic carbocycles. The largest absolute Gasteiger partial charge is 0.314 e. The molecule has 112 valence electrons. The number of nitrogens with one attached hydrogen (secondary N) is 1. The lowest BCUT2D eigenvalue weighted by Crippen LogP contribution is -2.51. The molecule has 2 heterocycles. The van der Waals surface area contributed by atoms with E-state index in [9.17, 15) is 8.42 Å². The third-order valence-corrected chi connectivity index (χ3v) is 6.10. The van der Waals surface area contributed by atoms with Crippen molar-refractivity contribution in [3.05, 3.63) is 0 Å². The zero-order chi connectivity index (χ0) is 13.9. The molecule has 0 spiro atoms. The first-order valence-corrected chi connectivity index (χ1v) is 8.50. The summed E-state index contributed by atoms with van der Waals surface area (Å²) in [7, 11) is 0.578. The molecule has 0 bridgehead atoms. The lowest BCUT2D eigenvalue weighted by atomic mass is 9.97. The molecule has 2 saturated heterocycles. The van der Waals surface area contributed by atoms with Gasteiger partial charge in [-0.25, -0.2) is 0 Å². The van der Waals surface area contributed by atoms with Crippen LogP contribution >= 0.6 is 0 Å². The summed E-state index contributed by atoms with van der Waals surface area (Å²) >= 11 is 0. The fraction of sp³-hybridized carbons (Fsp3) is 1.00.